The maximum Gasteiger partial charge on any atom is 0.0845 e. The van der Waals surface area contributed by atoms with Crippen molar-refractivity contribution < 1.29 is 5.11 Å². The van der Waals surface area contributed by atoms with Crippen molar-refractivity contribution in [3.05, 3.63) is 43.7 Å². The van der Waals surface area contributed by atoms with Gasteiger partial charge in [0.25, 0.3) is 0 Å². The van der Waals surface area contributed by atoms with Gasteiger partial charge < -0.3 is 14.6 Å². The highest BCUT2D eigenvalue weighted by Gasteiger charge is 2.17. The van der Waals surface area contributed by atoms with Crippen molar-refractivity contribution in [2.45, 2.75) is 12.6 Å². The molecule has 0 radical (unpaired) electrons. The quantitative estimate of drug-likeness (QED) is 0.541. The van der Waals surface area contributed by atoms with E-state index in [2.05, 4.69) is 70.6 Å². The van der Waals surface area contributed by atoms with Crippen LogP contribution >= 0.6 is 47.8 Å². The molecule has 3 rings (SSSR count). The molecule has 2 aromatic carbocycles. The summed E-state index contributed by atoms with van der Waals surface area (Å²) in [5.74, 6) is 0. The van der Waals surface area contributed by atoms with Crippen molar-refractivity contribution in [2.75, 3.05) is 20.6 Å². The second-order valence-electron chi connectivity index (χ2n) is 5.97. The predicted molar refractivity (Wildman–Crippen MR) is 107 cm³/mol. The first-order chi connectivity index (χ1) is 10.9. The fourth-order valence-electron chi connectivity index (χ4n) is 3.01. The van der Waals surface area contributed by atoms with E-state index in [1.54, 1.807) is 0 Å². The molecule has 0 saturated carbocycles. The van der Waals surface area contributed by atoms with Gasteiger partial charge in [0.2, 0.25) is 0 Å². The molecular formula is C17H17Br3N2O. The number of nitrogens with zero attached hydrogens (tertiary/aromatic N) is 2. The Bertz CT molecular complexity index is 873. The zero-order valence-corrected chi connectivity index (χ0v) is 17.6. The number of benzene rings is 2. The maximum atomic E-state index is 10.4. The van der Waals surface area contributed by atoms with Gasteiger partial charge in [-0.25, -0.2) is 0 Å². The lowest BCUT2D eigenvalue weighted by atomic mass is 10.2. The Morgan fingerprint density at radius 1 is 1.04 bits per heavy atom. The van der Waals surface area contributed by atoms with Crippen molar-refractivity contribution >= 4 is 69.6 Å². The first kappa shape index (κ1) is 17.4. The van der Waals surface area contributed by atoms with Crippen LogP contribution < -0.4 is 0 Å². The van der Waals surface area contributed by atoms with Gasteiger partial charge in [0.15, 0.2) is 0 Å². The second kappa shape index (κ2) is 6.84. The van der Waals surface area contributed by atoms with E-state index in [4.69, 9.17) is 0 Å². The molecule has 6 heteroatoms. The number of hydrogen-bond donors (Lipinski definition) is 1. The van der Waals surface area contributed by atoms with E-state index in [1.165, 1.54) is 10.8 Å². The van der Waals surface area contributed by atoms with Crippen LogP contribution in [0.3, 0.4) is 0 Å². The van der Waals surface area contributed by atoms with E-state index in [0.29, 0.717) is 13.1 Å². The van der Waals surface area contributed by atoms with Crippen LogP contribution in [0.25, 0.3) is 21.8 Å². The van der Waals surface area contributed by atoms with Crippen LogP contribution in [0, 0.1) is 0 Å². The molecule has 0 spiro atoms. The zero-order valence-electron chi connectivity index (χ0n) is 12.9. The molecule has 1 N–H and O–H groups in total. The molecule has 1 heterocycles. The second-order valence-corrected chi connectivity index (χ2v) is 8.66. The summed E-state index contributed by atoms with van der Waals surface area (Å²) in [6, 6.07) is 10.4. The Kier molecular flexibility index (Phi) is 5.18. The molecular weight excluding hydrogens is 488 g/mol. The largest absolute Gasteiger partial charge is 0.390 e. The smallest absolute Gasteiger partial charge is 0.0845 e. The molecule has 0 aliphatic heterocycles. The average Bonchev–Trinajstić information content (AvgIpc) is 2.71. The molecule has 3 nitrogen and oxygen atoms in total. The van der Waals surface area contributed by atoms with Gasteiger partial charge in [-0.2, -0.15) is 0 Å². The van der Waals surface area contributed by atoms with Crippen LogP contribution in [0.2, 0.25) is 0 Å². The summed E-state index contributed by atoms with van der Waals surface area (Å²) >= 11 is 10.8. The van der Waals surface area contributed by atoms with Crippen molar-refractivity contribution in [1.29, 1.82) is 0 Å². The summed E-state index contributed by atoms with van der Waals surface area (Å²) in [4.78, 5) is 2.00. The van der Waals surface area contributed by atoms with E-state index < -0.39 is 6.10 Å². The molecule has 0 aliphatic rings. The number of likely N-dealkylation sites (N-methyl/N-ethyl adjacent to an activating group) is 1. The number of fused-ring (bicyclic) bond motifs is 3. The maximum absolute atomic E-state index is 10.4. The first-order valence-corrected chi connectivity index (χ1v) is 9.64. The highest BCUT2D eigenvalue weighted by atomic mass is 79.9. The van der Waals surface area contributed by atoms with E-state index in [1.807, 2.05) is 31.1 Å². The molecule has 0 fully saturated rings. The number of hydrogen-bond acceptors (Lipinski definition) is 2. The minimum atomic E-state index is -0.428. The van der Waals surface area contributed by atoms with Crippen LogP contribution in [0.4, 0.5) is 0 Å². The lowest BCUT2D eigenvalue weighted by molar-refractivity contribution is 0.122. The van der Waals surface area contributed by atoms with Gasteiger partial charge in [0.1, 0.15) is 0 Å². The Hall–Kier alpha value is -0.400. The van der Waals surface area contributed by atoms with Crippen LogP contribution in [0.15, 0.2) is 43.7 Å². The normalized spacial score (nSPS) is 13.3. The fraction of sp³-hybridized carbons (Fsp3) is 0.294. The van der Waals surface area contributed by atoms with E-state index in [0.717, 1.165) is 24.5 Å². The summed E-state index contributed by atoms with van der Waals surface area (Å²) in [5.41, 5.74) is 2.24. The van der Waals surface area contributed by atoms with Crippen molar-refractivity contribution in [3.63, 3.8) is 0 Å². The highest BCUT2D eigenvalue weighted by Crippen LogP contribution is 2.37. The molecule has 23 heavy (non-hydrogen) atoms. The van der Waals surface area contributed by atoms with E-state index >= 15 is 0 Å². The Morgan fingerprint density at radius 3 is 2.43 bits per heavy atom. The number of aliphatic hydroxyl groups excluding tert-OH is 1. The number of halogens is 3. The monoisotopic (exact) mass is 502 g/mol. The summed E-state index contributed by atoms with van der Waals surface area (Å²) in [6.07, 6.45) is -0.428. The summed E-state index contributed by atoms with van der Waals surface area (Å²) in [6.45, 7) is 1.19. The van der Waals surface area contributed by atoms with Gasteiger partial charge in [0, 0.05) is 36.3 Å². The lowest BCUT2D eigenvalue weighted by Gasteiger charge is -2.18. The Balaban J connectivity index is 2.25. The molecule has 0 bridgehead atoms. The van der Waals surface area contributed by atoms with Gasteiger partial charge in [0.05, 0.1) is 18.2 Å². The first-order valence-electron chi connectivity index (χ1n) is 7.26. The molecule has 1 aromatic heterocycles. The van der Waals surface area contributed by atoms with Crippen molar-refractivity contribution in [2.24, 2.45) is 0 Å². The van der Waals surface area contributed by atoms with E-state index in [9.17, 15) is 5.11 Å². The molecule has 122 valence electrons. The van der Waals surface area contributed by atoms with Crippen LogP contribution in [0.5, 0.6) is 0 Å². The lowest BCUT2D eigenvalue weighted by Crippen LogP contribution is -2.29. The summed E-state index contributed by atoms with van der Waals surface area (Å²) in [5, 5.41) is 12.8. The third-order valence-electron chi connectivity index (χ3n) is 3.81. The molecule has 3 aromatic rings. The van der Waals surface area contributed by atoms with Gasteiger partial charge in [-0.1, -0.05) is 31.9 Å². The predicted octanol–water partition coefficient (Wildman–Crippen LogP) is 5.00. The molecule has 0 saturated heterocycles. The summed E-state index contributed by atoms with van der Waals surface area (Å²) < 4.78 is 5.30. The summed E-state index contributed by atoms with van der Waals surface area (Å²) in [7, 11) is 3.94. The van der Waals surface area contributed by atoms with Crippen LogP contribution in [-0.4, -0.2) is 41.3 Å². The topological polar surface area (TPSA) is 28.4 Å². The van der Waals surface area contributed by atoms with Gasteiger partial charge in [-0.15, -0.1) is 0 Å². The van der Waals surface area contributed by atoms with Crippen LogP contribution in [-0.2, 0) is 6.54 Å². The number of aliphatic hydroxyl groups is 1. The Morgan fingerprint density at radius 2 is 1.74 bits per heavy atom. The molecule has 0 amide bonds. The number of rotatable bonds is 4. The van der Waals surface area contributed by atoms with Crippen LogP contribution in [0.1, 0.15) is 0 Å². The number of aromatic nitrogens is 1. The van der Waals surface area contributed by atoms with Crippen molar-refractivity contribution in [3.8, 4) is 0 Å². The molecule has 0 unspecified atom stereocenters. The standard InChI is InChI=1S/C17H17Br3N2O/c1-21(2)8-12(23)9-22-16-4-3-10(18)5-13(16)14-6-11(19)7-15(20)17(14)22/h3-7,12,23H,8-9H2,1-2H3/t12-/m1/s1. The van der Waals surface area contributed by atoms with Gasteiger partial charge in [-0.05, 0) is 60.4 Å². The van der Waals surface area contributed by atoms with Gasteiger partial charge in [-0.3, -0.25) is 0 Å². The van der Waals surface area contributed by atoms with E-state index in [-0.39, 0.29) is 0 Å². The highest BCUT2D eigenvalue weighted by molar-refractivity contribution is 9.11. The SMILES string of the molecule is CN(C)C[C@@H](O)Cn1c2ccc(Br)cc2c2cc(Br)cc(Br)c21. The fourth-order valence-corrected chi connectivity index (χ4v) is 4.81. The average molecular weight is 505 g/mol. The molecule has 0 aliphatic carbocycles. The van der Waals surface area contributed by atoms with Crippen molar-refractivity contribution in [1.82, 2.24) is 9.47 Å². The zero-order chi connectivity index (χ0) is 16.7. The minimum Gasteiger partial charge on any atom is -0.390 e. The Labute approximate surface area is 160 Å². The third-order valence-corrected chi connectivity index (χ3v) is 5.36. The molecule has 1 atom stereocenters. The third kappa shape index (κ3) is 3.51. The van der Waals surface area contributed by atoms with Gasteiger partial charge >= 0.3 is 0 Å². The minimum absolute atomic E-state index is 0.428.